The average molecular weight is 240 g/mol. The van der Waals surface area contributed by atoms with Crippen molar-refractivity contribution in [3.05, 3.63) is 21.9 Å². The van der Waals surface area contributed by atoms with Crippen LogP contribution in [-0.2, 0) is 9.47 Å². The van der Waals surface area contributed by atoms with E-state index in [1.165, 1.54) is 11.3 Å². The lowest BCUT2D eigenvalue weighted by Crippen LogP contribution is -2.00. The van der Waals surface area contributed by atoms with Crippen LogP contribution in [0.1, 0.15) is 41.1 Å². The molecule has 1 aliphatic rings. The molecule has 2 rings (SSSR count). The van der Waals surface area contributed by atoms with Crippen LogP contribution in [-0.4, -0.2) is 19.0 Å². The zero-order chi connectivity index (χ0) is 11.5. The van der Waals surface area contributed by atoms with Gasteiger partial charge in [0.15, 0.2) is 12.1 Å². The number of carbonyl (C=O) groups excluding carboxylic acids is 1. The lowest BCUT2D eigenvalue weighted by molar-refractivity contribution is -0.0413. The molecule has 3 nitrogen and oxygen atoms in total. The molecule has 0 bridgehead atoms. The molecule has 1 fully saturated rings. The van der Waals surface area contributed by atoms with Gasteiger partial charge in [-0.05, 0) is 18.1 Å². The molecule has 1 aromatic rings. The zero-order valence-corrected chi connectivity index (χ0v) is 10.4. The van der Waals surface area contributed by atoms with Crippen LogP contribution in [0.2, 0.25) is 0 Å². The fourth-order valence-electron chi connectivity index (χ4n) is 1.62. The van der Waals surface area contributed by atoms with E-state index in [9.17, 15) is 4.79 Å². The normalized spacial score (nSPS) is 17.2. The predicted octanol–water partition coefficient (Wildman–Crippen LogP) is 3.02. The van der Waals surface area contributed by atoms with Crippen molar-refractivity contribution in [1.82, 2.24) is 0 Å². The van der Waals surface area contributed by atoms with Gasteiger partial charge in [0.05, 0.1) is 23.0 Å². The van der Waals surface area contributed by atoms with Crippen LogP contribution in [0.4, 0.5) is 0 Å². The Kier molecular flexibility index (Phi) is 3.74. The molecule has 0 atom stereocenters. The third kappa shape index (κ3) is 2.70. The van der Waals surface area contributed by atoms with E-state index in [1.54, 1.807) is 0 Å². The van der Waals surface area contributed by atoms with Gasteiger partial charge in [-0.1, -0.05) is 13.8 Å². The Morgan fingerprint density at radius 2 is 2.12 bits per heavy atom. The van der Waals surface area contributed by atoms with Gasteiger partial charge in [0, 0.05) is 6.42 Å². The maximum absolute atomic E-state index is 11.8. The van der Waals surface area contributed by atoms with Gasteiger partial charge in [-0.3, -0.25) is 4.79 Å². The summed E-state index contributed by atoms with van der Waals surface area (Å²) >= 11 is 1.48. The first-order valence-electron chi connectivity index (χ1n) is 5.53. The third-order valence-corrected chi connectivity index (χ3v) is 3.50. The SMILES string of the molecule is CC(C)CC(=O)c1ccc(C2OCCO2)s1. The van der Waals surface area contributed by atoms with Gasteiger partial charge >= 0.3 is 0 Å². The van der Waals surface area contributed by atoms with Crippen LogP contribution in [0.25, 0.3) is 0 Å². The number of hydrogen-bond acceptors (Lipinski definition) is 4. The fraction of sp³-hybridized carbons (Fsp3) is 0.583. The van der Waals surface area contributed by atoms with E-state index in [0.29, 0.717) is 25.6 Å². The van der Waals surface area contributed by atoms with Gasteiger partial charge in [-0.15, -0.1) is 11.3 Å². The summed E-state index contributed by atoms with van der Waals surface area (Å²) in [6.07, 6.45) is 0.345. The molecule has 1 saturated heterocycles. The fourth-order valence-corrected chi connectivity index (χ4v) is 2.58. The molecule has 16 heavy (non-hydrogen) atoms. The molecule has 0 amide bonds. The van der Waals surface area contributed by atoms with Gasteiger partial charge in [-0.25, -0.2) is 0 Å². The number of Topliss-reactive ketones (excluding diaryl/α,β-unsaturated/α-hetero) is 1. The highest BCUT2D eigenvalue weighted by atomic mass is 32.1. The lowest BCUT2D eigenvalue weighted by Gasteiger charge is -2.05. The number of thiophene rings is 1. The predicted molar refractivity (Wildman–Crippen MR) is 62.7 cm³/mol. The first-order valence-corrected chi connectivity index (χ1v) is 6.34. The minimum absolute atomic E-state index is 0.212. The molecule has 0 N–H and O–H groups in total. The Morgan fingerprint density at radius 1 is 1.44 bits per heavy atom. The summed E-state index contributed by atoms with van der Waals surface area (Å²) in [6, 6.07) is 3.80. The lowest BCUT2D eigenvalue weighted by atomic mass is 10.1. The molecule has 0 radical (unpaired) electrons. The first kappa shape index (κ1) is 11.8. The molecular weight excluding hydrogens is 224 g/mol. The summed E-state index contributed by atoms with van der Waals surface area (Å²) in [7, 11) is 0. The number of ketones is 1. The number of hydrogen-bond donors (Lipinski definition) is 0. The van der Waals surface area contributed by atoms with Crippen molar-refractivity contribution in [3.8, 4) is 0 Å². The summed E-state index contributed by atoms with van der Waals surface area (Å²) < 4.78 is 10.8. The highest BCUT2D eigenvalue weighted by Crippen LogP contribution is 2.30. The second kappa shape index (κ2) is 5.08. The van der Waals surface area contributed by atoms with Crippen LogP contribution in [0.5, 0.6) is 0 Å². The molecule has 0 unspecified atom stereocenters. The monoisotopic (exact) mass is 240 g/mol. The minimum Gasteiger partial charge on any atom is -0.345 e. The van der Waals surface area contributed by atoms with Crippen molar-refractivity contribution >= 4 is 17.1 Å². The summed E-state index contributed by atoms with van der Waals surface area (Å²) in [5.41, 5.74) is 0. The van der Waals surface area contributed by atoms with E-state index in [-0.39, 0.29) is 12.1 Å². The summed E-state index contributed by atoms with van der Waals surface area (Å²) in [6.45, 7) is 5.38. The van der Waals surface area contributed by atoms with Gasteiger partial charge in [0.1, 0.15) is 0 Å². The third-order valence-electron chi connectivity index (χ3n) is 2.35. The van der Waals surface area contributed by atoms with Crippen LogP contribution < -0.4 is 0 Å². The maximum atomic E-state index is 11.8. The molecule has 4 heteroatoms. The van der Waals surface area contributed by atoms with Crippen LogP contribution in [0, 0.1) is 5.92 Å². The smallest absolute Gasteiger partial charge is 0.193 e. The van der Waals surface area contributed by atoms with Gasteiger partial charge < -0.3 is 9.47 Å². The Morgan fingerprint density at radius 3 is 2.75 bits per heavy atom. The minimum atomic E-state index is -0.259. The first-order chi connectivity index (χ1) is 7.66. The Bertz CT molecular complexity index is 364. The second-order valence-corrected chi connectivity index (χ2v) is 5.41. The van der Waals surface area contributed by atoms with Gasteiger partial charge in [0.25, 0.3) is 0 Å². The molecule has 1 aliphatic heterocycles. The quantitative estimate of drug-likeness (QED) is 0.759. The van der Waals surface area contributed by atoms with Gasteiger partial charge in [-0.2, -0.15) is 0 Å². The van der Waals surface area contributed by atoms with E-state index in [2.05, 4.69) is 13.8 Å². The molecular formula is C12H16O3S. The molecule has 0 spiro atoms. The van der Waals surface area contributed by atoms with Crippen molar-refractivity contribution in [2.75, 3.05) is 13.2 Å². The highest BCUT2D eigenvalue weighted by Gasteiger charge is 2.21. The van der Waals surface area contributed by atoms with Crippen LogP contribution in [0.15, 0.2) is 12.1 Å². The Hall–Kier alpha value is -0.710. The standard InChI is InChI=1S/C12H16O3S/c1-8(2)7-9(13)10-3-4-11(16-10)12-14-5-6-15-12/h3-4,8,12H,5-7H2,1-2H3. The van der Waals surface area contributed by atoms with Crippen molar-refractivity contribution in [2.24, 2.45) is 5.92 Å². The average Bonchev–Trinajstić information content (AvgIpc) is 2.87. The highest BCUT2D eigenvalue weighted by molar-refractivity contribution is 7.14. The van der Waals surface area contributed by atoms with Crippen molar-refractivity contribution < 1.29 is 14.3 Å². The van der Waals surface area contributed by atoms with Crippen molar-refractivity contribution in [1.29, 1.82) is 0 Å². The maximum Gasteiger partial charge on any atom is 0.193 e. The number of rotatable bonds is 4. The molecule has 0 aliphatic carbocycles. The van der Waals surface area contributed by atoms with E-state index in [0.717, 1.165) is 9.75 Å². The van der Waals surface area contributed by atoms with Gasteiger partial charge in [0.2, 0.25) is 0 Å². The molecule has 0 saturated carbocycles. The second-order valence-electron chi connectivity index (χ2n) is 4.30. The molecule has 1 aromatic heterocycles. The number of carbonyl (C=O) groups is 1. The molecule has 0 aromatic carbocycles. The van der Waals surface area contributed by atoms with Crippen LogP contribution >= 0.6 is 11.3 Å². The summed E-state index contributed by atoms with van der Waals surface area (Å²) in [5.74, 6) is 0.612. The van der Waals surface area contributed by atoms with E-state index in [4.69, 9.17) is 9.47 Å². The van der Waals surface area contributed by atoms with E-state index in [1.807, 2.05) is 12.1 Å². The van der Waals surface area contributed by atoms with Crippen molar-refractivity contribution in [3.63, 3.8) is 0 Å². The molecule has 88 valence electrons. The van der Waals surface area contributed by atoms with Crippen molar-refractivity contribution in [2.45, 2.75) is 26.6 Å². The summed E-state index contributed by atoms with van der Waals surface area (Å²) in [4.78, 5) is 13.6. The largest absolute Gasteiger partial charge is 0.345 e. The number of ether oxygens (including phenoxy) is 2. The molecule has 2 heterocycles. The van der Waals surface area contributed by atoms with Crippen LogP contribution in [0.3, 0.4) is 0 Å². The van der Waals surface area contributed by atoms with E-state index < -0.39 is 0 Å². The Labute approximate surface area is 99.4 Å². The Balaban J connectivity index is 2.03. The summed E-state index contributed by atoms with van der Waals surface area (Å²) in [5, 5.41) is 0. The topological polar surface area (TPSA) is 35.5 Å². The zero-order valence-electron chi connectivity index (χ0n) is 9.56. The van der Waals surface area contributed by atoms with E-state index >= 15 is 0 Å².